The first-order valence-electron chi connectivity index (χ1n) is 5.11. The average molecular weight is 218 g/mol. The lowest BCUT2D eigenvalue weighted by atomic mass is 10.1. The third-order valence-electron chi connectivity index (χ3n) is 2.58. The van der Waals surface area contributed by atoms with Crippen LogP contribution in [0.1, 0.15) is 23.2 Å². The Morgan fingerprint density at radius 3 is 3.00 bits per heavy atom. The number of carbonyl (C=O) groups is 1. The molecule has 0 bridgehead atoms. The zero-order valence-corrected chi connectivity index (χ0v) is 8.43. The Morgan fingerprint density at radius 2 is 2.31 bits per heavy atom. The van der Waals surface area contributed by atoms with E-state index in [-0.39, 0.29) is 11.7 Å². The third-order valence-corrected chi connectivity index (χ3v) is 2.58. The van der Waals surface area contributed by atoms with Gasteiger partial charge in [0.2, 0.25) is 0 Å². The number of benzene rings is 1. The molecule has 1 aliphatic rings. The van der Waals surface area contributed by atoms with Gasteiger partial charge in [0.1, 0.15) is 11.3 Å². The van der Waals surface area contributed by atoms with Crippen LogP contribution in [0.2, 0.25) is 0 Å². The van der Waals surface area contributed by atoms with Crippen molar-refractivity contribution in [3.63, 3.8) is 0 Å². The van der Waals surface area contributed by atoms with Gasteiger partial charge in [-0.15, -0.1) is 0 Å². The predicted molar refractivity (Wildman–Crippen MR) is 56.7 cm³/mol. The van der Waals surface area contributed by atoms with Gasteiger partial charge in [0.25, 0.3) is 0 Å². The summed E-state index contributed by atoms with van der Waals surface area (Å²) in [6, 6.07) is 3.26. The molecule has 0 unspecified atom stereocenters. The first kappa shape index (κ1) is 9.21. The number of fused-ring (bicyclic) bond motifs is 1. The Bertz CT molecular complexity index is 557. The number of carboxylic acid groups (broad SMARTS) is 1. The summed E-state index contributed by atoms with van der Waals surface area (Å²) in [5.74, 6) is -0.562. The van der Waals surface area contributed by atoms with E-state index in [1.807, 2.05) is 0 Å². The second-order valence-electron chi connectivity index (χ2n) is 3.91. The van der Waals surface area contributed by atoms with Crippen molar-refractivity contribution in [3.8, 4) is 5.75 Å². The molecular formula is C11H10N2O3. The standard InChI is InChI=1S/C11H10N2O3/c14-11(15)8-3-6-5-12-13-9(6)4-10(8)16-7-1-2-7/h3-5,7H,1-2H2,(H,12,13)(H,14,15). The van der Waals surface area contributed by atoms with Crippen LogP contribution in [0, 0.1) is 0 Å². The van der Waals surface area contributed by atoms with E-state index in [4.69, 9.17) is 9.84 Å². The molecule has 1 aromatic carbocycles. The summed E-state index contributed by atoms with van der Waals surface area (Å²) < 4.78 is 5.56. The smallest absolute Gasteiger partial charge is 0.339 e. The number of hydrogen-bond acceptors (Lipinski definition) is 3. The summed E-state index contributed by atoms with van der Waals surface area (Å²) in [5, 5.41) is 16.6. The Balaban J connectivity index is 2.12. The molecule has 0 radical (unpaired) electrons. The number of aromatic carboxylic acids is 1. The summed E-state index contributed by atoms with van der Waals surface area (Å²) in [6.45, 7) is 0. The van der Waals surface area contributed by atoms with E-state index in [2.05, 4.69) is 10.2 Å². The van der Waals surface area contributed by atoms with Gasteiger partial charge in [-0.05, 0) is 18.9 Å². The van der Waals surface area contributed by atoms with Crippen LogP contribution in [0.25, 0.3) is 10.9 Å². The first-order chi connectivity index (χ1) is 7.74. The van der Waals surface area contributed by atoms with Crippen molar-refractivity contribution < 1.29 is 14.6 Å². The van der Waals surface area contributed by atoms with Crippen LogP contribution in [0.3, 0.4) is 0 Å². The highest BCUT2D eigenvalue weighted by Crippen LogP contribution is 2.31. The minimum absolute atomic E-state index is 0.175. The van der Waals surface area contributed by atoms with E-state index in [0.717, 1.165) is 23.7 Å². The van der Waals surface area contributed by atoms with E-state index in [1.165, 1.54) is 0 Å². The van der Waals surface area contributed by atoms with Gasteiger partial charge < -0.3 is 9.84 Å². The Labute approximate surface area is 91.0 Å². The maximum atomic E-state index is 11.1. The number of nitrogens with one attached hydrogen (secondary N) is 1. The number of nitrogens with zero attached hydrogens (tertiary/aromatic N) is 1. The van der Waals surface area contributed by atoms with Crippen molar-refractivity contribution in [1.82, 2.24) is 10.2 Å². The second-order valence-corrected chi connectivity index (χ2v) is 3.91. The predicted octanol–water partition coefficient (Wildman–Crippen LogP) is 1.80. The van der Waals surface area contributed by atoms with E-state index < -0.39 is 5.97 Å². The Morgan fingerprint density at radius 1 is 1.50 bits per heavy atom. The van der Waals surface area contributed by atoms with E-state index >= 15 is 0 Å². The van der Waals surface area contributed by atoms with Gasteiger partial charge in [0, 0.05) is 17.6 Å². The quantitative estimate of drug-likeness (QED) is 0.823. The lowest BCUT2D eigenvalue weighted by Crippen LogP contribution is -2.04. The molecule has 1 aliphatic carbocycles. The van der Waals surface area contributed by atoms with Crippen molar-refractivity contribution in [3.05, 3.63) is 23.9 Å². The van der Waals surface area contributed by atoms with Crippen molar-refractivity contribution in [2.45, 2.75) is 18.9 Å². The van der Waals surface area contributed by atoms with Crippen LogP contribution in [0.4, 0.5) is 0 Å². The molecular weight excluding hydrogens is 208 g/mol. The molecule has 5 nitrogen and oxygen atoms in total. The maximum absolute atomic E-state index is 11.1. The van der Waals surface area contributed by atoms with Crippen LogP contribution < -0.4 is 4.74 Å². The summed E-state index contributed by atoms with van der Waals surface area (Å²) in [7, 11) is 0. The fraction of sp³-hybridized carbons (Fsp3) is 0.273. The zero-order chi connectivity index (χ0) is 11.1. The third kappa shape index (κ3) is 1.50. The monoisotopic (exact) mass is 218 g/mol. The number of hydrogen-bond donors (Lipinski definition) is 2. The topological polar surface area (TPSA) is 75.2 Å². The van der Waals surface area contributed by atoms with Gasteiger partial charge in [-0.3, -0.25) is 5.10 Å². The highest BCUT2D eigenvalue weighted by Gasteiger charge is 2.26. The number of aromatic amines is 1. The molecule has 0 atom stereocenters. The Hall–Kier alpha value is -2.04. The molecule has 5 heteroatoms. The molecule has 1 saturated carbocycles. The number of carboxylic acids is 1. The van der Waals surface area contributed by atoms with Crippen molar-refractivity contribution >= 4 is 16.9 Å². The highest BCUT2D eigenvalue weighted by molar-refractivity contribution is 5.96. The fourth-order valence-electron chi connectivity index (χ4n) is 1.60. The lowest BCUT2D eigenvalue weighted by Gasteiger charge is -2.07. The van der Waals surface area contributed by atoms with E-state index in [1.54, 1.807) is 18.3 Å². The summed E-state index contributed by atoms with van der Waals surface area (Å²) in [5.41, 5.74) is 0.918. The number of rotatable bonds is 3. The molecule has 0 aliphatic heterocycles. The van der Waals surface area contributed by atoms with Crippen LogP contribution >= 0.6 is 0 Å². The molecule has 1 aromatic heterocycles. The first-order valence-corrected chi connectivity index (χ1v) is 5.11. The molecule has 2 N–H and O–H groups in total. The maximum Gasteiger partial charge on any atom is 0.339 e. The van der Waals surface area contributed by atoms with Gasteiger partial charge in [0.05, 0.1) is 11.6 Å². The summed E-state index contributed by atoms with van der Waals surface area (Å²) in [4.78, 5) is 11.1. The molecule has 0 spiro atoms. The van der Waals surface area contributed by atoms with Crippen molar-refractivity contribution in [2.75, 3.05) is 0 Å². The fourth-order valence-corrected chi connectivity index (χ4v) is 1.60. The zero-order valence-electron chi connectivity index (χ0n) is 8.43. The van der Waals surface area contributed by atoms with E-state index in [0.29, 0.717) is 5.75 Å². The minimum atomic E-state index is -0.973. The SMILES string of the molecule is O=C(O)c1cc2c[nH]nc2cc1OC1CC1. The van der Waals surface area contributed by atoms with Gasteiger partial charge in [-0.2, -0.15) is 5.10 Å². The summed E-state index contributed by atoms with van der Waals surface area (Å²) in [6.07, 6.45) is 3.84. The number of ether oxygens (including phenoxy) is 1. The lowest BCUT2D eigenvalue weighted by molar-refractivity contribution is 0.0692. The molecule has 0 amide bonds. The van der Waals surface area contributed by atoms with Gasteiger partial charge in [-0.1, -0.05) is 0 Å². The molecule has 3 rings (SSSR count). The second kappa shape index (κ2) is 3.23. The number of H-pyrrole nitrogens is 1. The Kier molecular flexibility index (Phi) is 1.86. The van der Waals surface area contributed by atoms with Crippen molar-refractivity contribution in [1.29, 1.82) is 0 Å². The van der Waals surface area contributed by atoms with Crippen molar-refractivity contribution in [2.24, 2.45) is 0 Å². The van der Waals surface area contributed by atoms with Gasteiger partial charge in [0.15, 0.2) is 0 Å². The van der Waals surface area contributed by atoms with Gasteiger partial charge in [-0.25, -0.2) is 4.79 Å². The van der Waals surface area contributed by atoms with Crippen LogP contribution in [0.5, 0.6) is 5.75 Å². The molecule has 1 heterocycles. The highest BCUT2D eigenvalue weighted by atomic mass is 16.5. The van der Waals surface area contributed by atoms with Crippen LogP contribution in [-0.4, -0.2) is 27.4 Å². The van der Waals surface area contributed by atoms with Crippen LogP contribution in [-0.2, 0) is 0 Å². The average Bonchev–Trinajstić information content (AvgIpc) is 2.94. The minimum Gasteiger partial charge on any atom is -0.489 e. The molecule has 16 heavy (non-hydrogen) atoms. The molecule has 1 fully saturated rings. The normalized spacial score (nSPS) is 15.2. The molecule has 2 aromatic rings. The van der Waals surface area contributed by atoms with Gasteiger partial charge >= 0.3 is 5.97 Å². The number of aromatic nitrogens is 2. The molecule has 82 valence electrons. The largest absolute Gasteiger partial charge is 0.489 e. The van der Waals surface area contributed by atoms with E-state index in [9.17, 15) is 4.79 Å². The van der Waals surface area contributed by atoms with Crippen LogP contribution in [0.15, 0.2) is 18.3 Å². The molecule has 0 saturated heterocycles. The summed E-state index contributed by atoms with van der Waals surface area (Å²) >= 11 is 0.